The highest BCUT2D eigenvalue weighted by molar-refractivity contribution is 5.92. The van der Waals surface area contributed by atoms with Crippen LogP contribution in [0, 0.1) is 0 Å². The van der Waals surface area contributed by atoms with Gasteiger partial charge < -0.3 is 14.6 Å². The van der Waals surface area contributed by atoms with Gasteiger partial charge in [0, 0.05) is 31.3 Å². The van der Waals surface area contributed by atoms with Crippen LogP contribution in [-0.4, -0.2) is 28.1 Å². The lowest BCUT2D eigenvalue weighted by atomic mass is 10.2. The van der Waals surface area contributed by atoms with Crippen LogP contribution in [0.3, 0.4) is 0 Å². The van der Waals surface area contributed by atoms with Gasteiger partial charge in [0.15, 0.2) is 0 Å². The summed E-state index contributed by atoms with van der Waals surface area (Å²) in [4.78, 5) is 19.9. The molecule has 3 rings (SSSR count). The third-order valence-corrected chi connectivity index (χ3v) is 3.31. The van der Waals surface area contributed by atoms with Crippen molar-refractivity contribution in [1.29, 1.82) is 0 Å². The lowest BCUT2D eigenvalue weighted by Crippen LogP contribution is -2.18. The first kappa shape index (κ1) is 15.7. The summed E-state index contributed by atoms with van der Waals surface area (Å²) < 4.78 is 10.8. The van der Waals surface area contributed by atoms with Gasteiger partial charge in [-0.15, -0.1) is 0 Å². The number of carbonyl (C=O) groups excluding carboxylic acids is 1. The first-order chi connectivity index (χ1) is 11.7. The van der Waals surface area contributed by atoms with E-state index in [9.17, 15) is 4.79 Å². The molecule has 0 atom stereocenters. The number of nitrogens with zero attached hydrogens (tertiary/aromatic N) is 3. The van der Waals surface area contributed by atoms with Crippen LogP contribution < -0.4 is 10.1 Å². The van der Waals surface area contributed by atoms with Gasteiger partial charge >= 0.3 is 0 Å². The van der Waals surface area contributed by atoms with E-state index in [2.05, 4.69) is 20.4 Å². The number of pyridine rings is 1. The summed E-state index contributed by atoms with van der Waals surface area (Å²) in [5.74, 6) is 2.05. The average molecular weight is 324 g/mol. The number of benzene rings is 1. The van der Waals surface area contributed by atoms with Crippen LogP contribution in [0.2, 0.25) is 0 Å². The molecule has 0 saturated carbocycles. The van der Waals surface area contributed by atoms with Crippen molar-refractivity contribution in [2.75, 3.05) is 7.05 Å². The lowest BCUT2D eigenvalue weighted by molar-refractivity contribution is 0.0958. The minimum absolute atomic E-state index is 0.264. The molecule has 2 heterocycles. The van der Waals surface area contributed by atoms with Crippen LogP contribution in [0.15, 0.2) is 47.1 Å². The summed E-state index contributed by atoms with van der Waals surface area (Å²) in [6.07, 6.45) is 2.23. The quantitative estimate of drug-likeness (QED) is 0.776. The van der Waals surface area contributed by atoms with Gasteiger partial charge in [-0.25, -0.2) is 0 Å². The minimum Gasteiger partial charge on any atom is -0.457 e. The summed E-state index contributed by atoms with van der Waals surface area (Å²) in [6, 6.07) is 10.6. The molecule has 0 aliphatic heterocycles. The Hall–Kier alpha value is -3.22. The SMILES string of the molecule is CCc1nc(-c2ccc(Oc3ccnc(C(=O)NC)c3)cc2)no1. The van der Waals surface area contributed by atoms with Gasteiger partial charge in [-0.1, -0.05) is 12.1 Å². The standard InChI is InChI=1S/C17H16N4O3/c1-3-15-20-16(21-24-15)11-4-6-12(7-5-11)23-13-8-9-19-14(10-13)17(22)18-2/h4-10H,3H2,1-2H3,(H,18,22). The smallest absolute Gasteiger partial charge is 0.269 e. The van der Waals surface area contributed by atoms with E-state index in [1.807, 2.05) is 19.1 Å². The molecule has 0 aliphatic carbocycles. The molecule has 1 N–H and O–H groups in total. The number of hydrogen-bond acceptors (Lipinski definition) is 6. The number of nitrogens with one attached hydrogen (secondary N) is 1. The molecule has 0 fully saturated rings. The maximum atomic E-state index is 11.6. The lowest BCUT2D eigenvalue weighted by Gasteiger charge is -2.07. The second-order valence-electron chi connectivity index (χ2n) is 4.95. The van der Waals surface area contributed by atoms with Crippen LogP contribution in [0.4, 0.5) is 0 Å². The highest BCUT2D eigenvalue weighted by atomic mass is 16.5. The highest BCUT2D eigenvalue weighted by Gasteiger charge is 2.09. The number of carbonyl (C=O) groups is 1. The van der Waals surface area contributed by atoms with Crippen molar-refractivity contribution in [3.63, 3.8) is 0 Å². The van der Waals surface area contributed by atoms with Crippen molar-refractivity contribution < 1.29 is 14.1 Å². The van der Waals surface area contributed by atoms with Gasteiger partial charge in [-0.3, -0.25) is 9.78 Å². The zero-order chi connectivity index (χ0) is 16.9. The summed E-state index contributed by atoms with van der Waals surface area (Å²) in [5, 5.41) is 6.46. The van der Waals surface area contributed by atoms with E-state index in [-0.39, 0.29) is 5.91 Å². The van der Waals surface area contributed by atoms with Crippen molar-refractivity contribution >= 4 is 5.91 Å². The first-order valence-electron chi connectivity index (χ1n) is 7.48. The molecule has 2 aromatic heterocycles. The predicted octanol–water partition coefficient (Wildman–Crippen LogP) is 2.85. The molecule has 0 spiro atoms. The Kier molecular flexibility index (Phi) is 4.51. The van der Waals surface area contributed by atoms with Crippen LogP contribution in [-0.2, 0) is 6.42 Å². The number of rotatable bonds is 5. The van der Waals surface area contributed by atoms with Crippen molar-refractivity contribution in [1.82, 2.24) is 20.4 Å². The molecule has 0 aliphatic rings. The van der Waals surface area contributed by atoms with Crippen LogP contribution in [0.25, 0.3) is 11.4 Å². The van der Waals surface area contributed by atoms with Gasteiger partial charge in [-0.05, 0) is 30.3 Å². The maximum Gasteiger partial charge on any atom is 0.269 e. The van der Waals surface area contributed by atoms with E-state index in [1.165, 1.54) is 6.20 Å². The van der Waals surface area contributed by atoms with Crippen molar-refractivity contribution in [3.05, 3.63) is 54.2 Å². The van der Waals surface area contributed by atoms with Crippen molar-refractivity contribution in [3.8, 4) is 22.9 Å². The molecule has 3 aromatic rings. The van der Waals surface area contributed by atoms with E-state index < -0.39 is 0 Å². The van der Waals surface area contributed by atoms with Gasteiger partial charge in [0.1, 0.15) is 17.2 Å². The zero-order valence-corrected chi connectivity index (χ0v) is 13.3. The average Bonchev–Trinajstić information content (AvgIpc) is 3.11. The second-order valence-corrected chi connectivity index (χ2v) is 4.95. The molecular weight excluding hydrogens is 308 g/mol. The number of amides is 1. The largest absolute Gasteiger partial charge is 0.457 e. The van der Waals surface area contributed by atoms with Crippen molar-refractivity contribution in [2.45, 2.75) is 13.3 Å². The fraction of sp³-hybridized carbons (Fsp3) is 0.176. The fourth-order valence-electron chi connectivity index (χ4n) is 2.05. The Morgan fingerprint density at radius 3 is 2.67 bits per heavy atom. The summed E-state index contributed by atoms with van der Waals surface area (Å²) in [6.45, 7) is 1.95. The predicted molar refractivity (Wildman–Crippen MR) is 86.8 cm³/mol. The summed E-state index contributed by atoms with van der Waals surface area (Å²) in [5.41, 5.74) is 1.14. The molecule has 1 amide bonds. The molecule has 24 heavy (non-hydrogen) atoms. The van der Waals surface area contributed by atoms with E-state index in [0.717, 1.165) is 5.56 Å². The van der Waals surface area contributed by atoms with Gasteiger partial charge in [0.05, 0.1) is 0 Å². The molecule has 0 bridgehead atoms. The molecule has 7 heteroatoms. The molecule has 0 radical (unpaired) electrons. The second kappa shape index (κ2) is 6.91. The third kappa shape index (κ3) is 3.40. The Labute approximate surface area is 138 Å². The first-order valence-corrected chi connectivity index (χ1v) is 7.48. The Balaban J connectivity index is 1.75. The summed E-state index contributed by atoms with van der Waals surface area (Å²) >= 11 is 0. The zero-order valence-electron chi connectivity index (χ0n) is 13.3. The van der Waals surface area contributed by atoms with E-state index >= 15 is 0 Å². The third-order valence-electron chi connectivity index (χ3n) is 3.31. The number of aromatic nitrogens is 3. The monoisotopic (exact) mass is 324 g/mol. The highest BCUT2D eigenvalue weighted by Crippen LogP contribution is 2.24. The molecule has 7 nitrogen and oxygen atoms in total. The van der Waals surface area contributed by atoms with Gasteiger partial charge in [-0.2, -0.15) is 4.98 Å². The Morgan fingerprint density at radius 1 is 1.21 bits per heavy atom. The number of aryl methyl sites for hydroxylation is 1. The molecule has 1 aromatic carbocycles. The minimum atomic E-state index is -0.264. The van der Waals surface area contributed by atoms with Crippen molar-refractivity contribution in [2.24, 2.45) is 0 Å². The van der Waals surface area contributed by atoms with E-state index in [0.29, 0.717) is 35.3 Å². The molecule has 122 valence electrons. The van der Waals surface area contributed by atoms with E-state index in [1.54, 1.807) is 31.3 Å². The van der Waals surface area contributed by atoms with Crippen LogP contribution in [0.5, 0.6) is 11.5 Å². The Bertz CT molecular complexity index is 843. The fourth-order valence-corrected chi connectivity index (χ4v) is 2.05. The van der Waals surface area contributed by atoms with Gasteiger partial charge in [0.25, 0.3) is 5.91 Å². The normalized spacial score (nSPS) is 10.4. The Morgan fingerprint density at radius 2 is 2.00 bits per heavy atom. The van der Waals surface area contributed by atoms with E-state index in [4.69, 9.17) is 9.26 Å². The van der Waals surface area contributed by atoms with Gasteiger partial charge in [0.2, 0.25) is 11.7 Å². The molecular formula is C17H16N4O3. The number of hydrogen-bond donors (Lipinski definition) is 1. The summed E-state index contributed by atoms with van der Waals surface area (Å²) in [7, 11) is 1.55. The van der Waals surface area contributed by atoms with Crippen LogP contribution >= 0.6 is 0 Å². The molecule has 0 saturated heterocycles. The van der Waals surface area contributed by atoms with Crippen LogP contribution in [0.1, 0.15) is 23.3 Å². The number of ether oxygens (including phenoxy) is 1. The topological polar surface area (TPSA) is 90.1 Å². The maximum absolute atomic E-state index is 11.6. The molecule has 0 unspecified atom stereocenters.